The van der Waals surface area contributed by atoms with Crippen LogP contribution < -0.4 is 0 Å². The first-order valence-corrected chi connectivity index (χ1v) is 9.70. The van der Waals surface area contributed by atoms with Crippen LogP contribution in [0, 0.1) is 5.92 Å². The Kier molecular flexibility index (Phi) is 3.87. The number of aliphatic hydroxyl groups excluding tert-OH is 1. The number of likely N-dealkylation sites (N-methyl/N-ethyl adjacent to an activating group) is 1. The first kappa shape index (κ1) is 16.1. The van der Waals surface area contributed by atoms with E-state index in [0.29, 0.717) is 24.5 Å². The van der Waals surface area contributed by atoms with Crippen LogP contribution in [0.2, 0.25) is 0 Å². The van der Waals surface area contributed by atoms with Gasteiger partial charge in [0, 0.05) is 48.8 Å². The number of piperidine rings is 1. The number of nitrogens with zero attached hydrogens (tertiary/aromatic N) is 2. The second kappa shape index (κ2) is 6.26. The number of aromatic nitrogens is 1. The van der Waals surface area contributed by atoms with E-state index < -0.39 is 0 Å². The first-order chi connectivity index (χ1) is 12.7. The molecule has 1 aromatic heterocycles. The SMILES string of the molecule is CN1C[C@H](CO)C[C@@H]2c3cccc4c3c(cn4Cc3ccccc3)C[C@H]21. The van der Waals surface area contributed by atoms with Crippen LogP contribution in [-0.4, -0.2) is 40.8 Å². The van der Waals surface area contributed by atoms with E-state index in [1.54, 1.807) is 0 Å². The normalized spacial score (nSPS) is 25.4. The van der Waals surface area contributed by atoms with Crippen molar-refractivity contribution in [2.45, 2.75) is 31.3 Å². The zero-order chi connectivity index (χ0) is 17.7. The molecule has 3 heteroatoms. The minimum absolute atomic E-state index is 0.297. The Morgan fingerprint density at radius 3 is 2.73 bits per heavy atom. The molecule has 2 aromatic carbocycles. The number of rotatable bonds is 3. The van der Waals surface area contributed by atoms with Crippen LogP contribution in [0.1, 0.15) is 29.0 Å². The van der Waals surface area contributed by atoms with Crippen LogP contribution in [0.5, 0.6) is 0 Å². The molecule has 1 aliphatic carbocycles. The van der Waals surface area contributed by atoms with Gasteiger partial charge in [-0.15, -0.1) is 0 Å². The van der Waals surface area contributed by atoms with E-state index in [1.165, 1.54) is 27.6 Å². The summed E-state index contributed by atoms with van der Waals surface area (Å²) in [6.45, 7) is 2.23. The Labute approximate surface area is 154 Å². The summed E-state index contributed by atoms with van der Waals surface area (Å²) < 4.78 is 2.42. The van der Waals surface area contributed by atoms with Crippen LogP contribution >= 0.6 is 0 Å². The van der Waals surface area contributed by atoms with Gasteiger partial charge in [-0.05, 0) is 48.6 Å². The zero-order valence-electron chi connectivity index (χ0n) is 15.3. The van der Waals surface area contributed by atoms with E-state index >= 15 is 0 Å². The molecule has 1 aliphatic heterocycles. The maximum atomic E-state index is 9.73. The highest BCUT2D eigenvalue weighted by Gasteiger charge is 2.39. The fraction of sp³-hybridized carbons (Fsp3) is 0.391. The van der Waals surface area contributed by atoms with Crippen molar-refractivity contribution in [2.24, 2.45) is 5.92 Å². The molecule has 0 unspecified atom stereocenters. The lowest BCUT2D eigenvalue weighted by molar-refractivity contribution is 0.0772. The van der Waals surface area contributed by atoms with Gasteiger partial charge in [-0.2, -0.15) is 0 Å². The summed E-state index contributed by atoms with van der Waals surface area (Å²) in [5.74, 6) is 0.930. The molecule has 1 fully saturated rings. The third kappa shape index (κ3) is 2.50. The number of hydrogen-bond acceptors (Lipinski definition) is 2. The molecule has 2 heterocycles. The van der Waals surface area contributed by atoms with E-state index in [9.17, 15) is 5.11 Å². The molecule has 1 N–H and O–H groups in total. The van der Waals surface area contributed by atoms with Crippen molar-refractivity contribution in [3.63, 3.8) is 0 Å². The van der Waals surface area contributed by atoms with Crippen LogP contribution in [0.25, 0.3) is 10.9 Å². The molecule has 0 amide bonds. The fourth-order valence-electron chi connectivity index (χ4n) is 5.27. The van der Waals surface area contributed by atoms with Gasteiger partial charge < -0.3 is 14.6 Å². The summed E-state index contributed by atoms with van der Waals surface area (Å²) in [5.41, 5.74) is 5.68. The molecule has 0 saturated carbocycles. The molecule has 26 heavy (non-hydrogen) atoms. The average molecular weight is 346 g/mol. The number of fused-ring (bicyclic) bond motifs is 2. The summed E-state index contributed by atoms with van der Waals surface area (Å²) in [6, 6.07) is 18.1. The van der Waals surface area contributed by atoms with Gasteiger partial charge >= 0.3 is 0 Å². The second-order valence-electron chi connectivity index (χ2n) is 8.11. The number of hydrogen-bond donors (Lipinski definition) is 1. The average Bonchev–Trinajstić information content (AvgIpc) is 3.02. The molecular formula is C23H26N2O. The van der Waals surface area contributed by atoms with Crippen molar-refractivity contribution in [1.29, 1.82) is 0 Å². The molecule has 5 rings (SSSR count). The van der Waals surface area contributed by atoms with E-state index in [1.807, 2.05) is 0 Å². The Balaban J connectivity index is 1.60. The van der Waals surface area contributed by atoms with Crippen molar-refractivity contribution in [2.75, 3.05) is 20.2 Å². The topological polar surface area (TPSA) is 28.4 Å². The Morgan fingerprint density at radius 2 is 1.92 bits per heavy atom. The van der Waals surface area contributed by atoms with Crippen LogP contribution in [0.15, 0.2) is 54.7 Å². The lowest BCUT2D eigenvalue weighted by Crippen LogP contribution is -2.48. The third-order valence-corrected chi connectivity index (χ3v) is 6.46. The Morgan fingerprint density at radius 1 is 1.08 bits per heavy atom. The standard InChI is InChI=1S/C23H26N2O/c1-24-12-17(15-26)10-20-19-8-5-9-21-23(19)18(11-22(20)24)14-25(21)13-16-6-3-2-4-7-16/h2-9,14,17,20,22,26H,10-13,15H2,1H3/t17-,20-,22-/m1/s1. The molecular weight excluding hydrogens is 320 g/mol. The second-order valence-corrected chi connectivity index (χ2v) is 8.11. The molecule has 0 spiro atoms. The van der Waals surface area contributed by atoms with Gasteiger partial charge in [0.15, 0.2) is 0 Å². The largest absolute Gasteiger partial charge is 0.396 e. The number of likely N-dealkylation sites (tertiary alicyclic amines) is 1. The van der Waals surface area contributed by atoms with E-state index in [4.69, 9.17) is 0 Å². The lowest BCUT2D eigenvalue weighted by Gasteiger charge is -2.45. The highest BCUT2D eigenvalue weighted by atomic mass is 16.3. The van der Waals surface area contributed by atoms with E-state index in [0.717, 1.165) is 25.9 Å². The molecule has 1 saturated heterocycles. The summed E-state index contributed by atoms with van der Waals surface area (Å²) in [5, 5.41) is 11.2. The number of benzene rings is 2. The molecule has 0 bridgehead atoms. The maximum absolute atomic E-state index is 9.73. The first-order valence-electron chi connectivity index (χ1n) is 9.70. The van der Waals surface area contributed by atoms with Crippen molar-refractivity contribution in [3.8, 4) is 0 Å². The van der Waals surface area contributed by atoms with Crippen LogP contribution in [0.3, 0.4) is 0 Å². The van der Waals surface area contributed by atoms with E-state index in [-0.39, 0.29) is 0 Å². The molecule has 3 nitrogen and oxygen atoms in total. The monoisotopic (exact) mass is 346 g/mol. The van der Waals surface area contributed by atoms with Gasteiger partial charge in [-0.3, -0.25) is 0 Å². The molecule has 0 radical (unpaired) electrons. The smallest absolute Gasteiger partial charge is 0.0489 e. The minimum Gasteiger partial charge on any atom is -0.396 e. The Bertz CT molecular complexity index is 930. The van der Waals surface area contributed by atoms with Gasteiger partial charge in [0.25, 0.3) is 0 Å². The van der Waals surface area contributed by atoms with Crippen molar-refractivity contribution >= 4 is 10.9 Å². The summed E-state index contributed by atoms with van der Waals surface area (Å²) >= 11 is 0. The summed E-state index contributed by atoms with van der Waals surface area (Å²) in [4.78, 5) is 2.48. The lowest BCUT2D eigenvalue weighted by atomic mass is 9.72. The predicted octanol–water partition coefficient (Wildman–Crippen LogP) is 3.64. The number of aliphatic hydroxyl groups is 1. The summed E-state index contributed by atoms with van der Waals surface area (Å²) in [7, 11) is 2.23. The van der Waals surface area contributed by atoms with Crippen molar-refractivity contribution < 1.29 is 5.11 Å². The van der Waals surface area contributed by atoms with Gasteiger partial charge in [-0.25, -0.2) is 0 Å². The van der Waals surface area contributed by atoms with Gasteiger partial charge in [0.1, 0.15) is 0 Å². The molecule has 3 aromatic rings. The van der Waals surface area contributed by atoms with Crippen molar-refractivity contribution in [1.82, 2.24) is 9.47 Å². The van der Waals surface area contributed by atoms with Crippen molar-refractivity contribution in [3.05, 3.63) is 71.4 Å². The Hall–Kier alpha value is -2.10. The molecule has 3 atom stereocenters. The predicted molar refractivity (Wildman–Crippen MR) is 106 cm³/mol. The highest BCUT2D eigenvalue weighted by Crippen LogP contribution is 2.44. The highest BCUT2D eigenvalue weighted by molar-refractivity contribution is 5.89. The van der Waals surface area contributed by atoms with Gasteiger partial charge in [0.05, 0.1) is 0 Å². The zero-order valence-corrected chi connectivity index (χ0v) is 15.3. The van der Waals surface area contributed by atoms with Gasteiger partial charge in [-0.1, -0.05) is 42.5 Å². The quantitative estimate of drug-likeness (QED) is 0.784. The van der Waals surface area contributed by atoms with Crippen LogP contribution in [0.4, 0.5) is 0 Å². The third-order valence-electron chi connectivity index (χ3n) is 6.46. The molecule has 134 valence electrons. The van der Waals surface area contributed by atoms with Crippen LogP contribution in [-0.2, 0) is 13.0 Å². The molecule has 2 aliphatic rings. The minimum atomic E-state index is 0.297. The van der Waals surface area contributed by atoms with Gasteiger partial charge in [0.2, 0.25) is 0 Å². The van der Waals surface area contributed by atoms with E-state index in [2.05, 4.69) is 71.2 Å². The maximum Gasteiger partial charge on any atom is 0.0489 e. The summed E-state index contributed by atoms with van der Waals surface area (Å²) in [6.07, 6.45) is 4.60. The fourth-order valence-corrected chi connectivity index (χ4v) is 5.27.